The Balaban J connectivity index is 2.44. The third-order valence-electron chi connectivity index (χ3n) is 2.91. The van der Waals surface area contributed by atoms with Crippen LogP contribution >= 0.6 is 15.9 Å². The van der Waals surface area contributed by atoms with Gasteiger partial charge in [0.25, 0.3) is 10.0 Å². The van der Waals surface area contributed by atoms with Crippen LogP contribution in [-0.2, 0) is 10.0 Å². The quantitative estimate of drug-likeness (QED) is 0.822. The Kier molecular flexibility index (Phi) is 5.10. The van der Waals surface area contributed by atoms with Crippen molar-refractivity contribution in [2.45, 2.75) is 4.90 Å². The molecule has 1 N–H and O–H groups in total. The minimum Gasteiger partial charge on any atom is -0.493 e. The van der Waals surface area contributed by atoms with Gasteiger partial charge in [0.2, 0.25) is 0 Å². The first-order valence-corrected chi connectivity index (χ1v) is 8.45. The van der Waals surface area contributed by atoms with E-state index < -0.39 is 21.7 Å². The summed E-state index contributed by atoms with van der Waals surface area (Å²) in [4.78, 5) is -0.161. The number of rotatable bonds is 5. The molecule has 0 bridgehead atoms. The maximum Gasteiger partial charge on any atom is 0.262 e. The number of benzene rings is 2. The van der Waals surface area contributed by atoms with Crippen LogP contribution in [0, 0.1) is 11.6 Å². The summed E-state index contributed by atoms with van der Waals surface area (Å²) in [5.41, 5.74) is -0.388. The lowest BCUT2D eigenvalue weighted by Gasteiger charge is -2.13. The number of hydrogen-bond donors (Lipinski definition) is 1. The van der Waals surface area contributed by atoms with E-state index in [1.807, 2.05) is 0 Å². The summed E-state index contributed by atoms with van der Waals surface area (Å²) < 4.78 is 63.7. The Bertz CT molecular complexity index is 820. The Hall–Kier alpha value is -1.87. The van der Waals surface area contributed by atoms with Crippen molar-refractivity contribution in [2.75, 3.05) is 18.9 Å². The number of ether oxygens (including phenoxy) is 2. The summed E-state index contributed by atoms with van der Waals surface area (Å²) in [6, 6.07) is 5.45. The fourth-order valence-corrected chi connectivity index (χ4v) is 3.56. The standard InChI is InChI=1S/C14H12BrF2NO4S/c1-21-12-4-3-9(7-13(12)22-2)23(19,20)18-14-10(15)5-8(16)6-11(14)17/h3-7,18H,1-2H3. The van der Waals surface area contributed by atoms with Gasteiger partial charge >= 0.3 is 0 Å². The summed E-state index contributed by atoms with van der Waals surface area (Å²) in [6.07, 6.45) is 0. The molecule has 0 unspecified atom stereocenters. The van der Waals surface area contributed by atoms with E-state index in [4.69, 9.17) is 9.47 Å². The van der Waals surface area contributed by atoms with Crippen LogP contribution in [0.25, 0.3) is 0 Å². The highest BCUT2D eigenvalue weighted by atomic mass is 79.9. The van der Waals surface area contributed by atoms with Crippen molar-refractivity contribution in [1.29, 1.82) is 0 Å². The first-order chi connectivity index (χ1) is 10.8. The Morgan fingerprint density at radius 3 is 2.26 bits per heavy atom. The predicted molar refractivity (Wildman–Crippen MR) is 84.4 cm³/mol. The van der Waals surface area contributed by atoms with Crippen molar-refractivity contribution in [1.82, 2.24) is 0 Å². The number of nitrogens with one attached hydrogen (secondary N) is 1. The summed E-state index contributed by atoms with van der Waals surface area (Å²) >= 11 is 2.92. The molecule has 0 amide bonds. The smallest absolute Gasteiger partial charge is 0.262 e. The van der Waals surface area contributed by atoms with E-state index in [9.17, 15) is 17.2 Å². The monoisotopic (exact) mass is 407 g/mol. The van der Waals surface area contributed by atoms with Crippen LogP contribution in [0.15, 0.2) is 39.7 Å². The van der Waals surface area contributed by atoms with Crippen molar-refractivity contribution in [3.8, 4) is 11.5 Å². The molecule has 0 saturated heterocycles. The lowest BCUT2D eigenvalue weighted by atomic mass is 10.3. The van der Waals surface area contributed by atoms with Crippen LogP contribution in [0.1, 0.15) is 0 Å². The molecule has 0 radical (unpaired) electrons. The van der Waals surface area contributed by atoms with Crippen LogP contribution < -0.4 is 14.2 Å². The molecule has 2 rings (SSSR count). The van der Waals surface area contributed by atoms with E-state index in [1.54, 1.807) is 0 Å². The van der Waals surface area contributed by atoms with Crippen molar-refractivity contribution < 1.29 is 26.7 Å². The fraction of sp³-hybridized carbons (Fsp3) is 0.143. The molecule has 0 heterocycles. The largest absolute Gasteiger partial charge is 0.493 e. The second-order valence-corrected chi connectivity index (χ2v) is 6.90. The van der Waals surface area contributed by atoms with Crippen molar-refractivity contribution in [3.05, 3.63) is 46.4 Å². The predicted octanol–water partition coefficient (Wildman–Crippen LogP) is 3.55. The highest BCUT2D eigenvalue weighted by molar-refractivity contribution is 9.10. The number of anilines is 1. The number of sulfonamides is 1. The molecular weight excluding hydrogens is 396 g/mol. The Morgan fingerprint density at radius 2 is 1.70 bits per heavy atom. The third kappa shape index (κ3) is 3.73. The minimum absolute atomic E-state index is 0.0564. The summed E-state index contributed by atoms with van der Waals surface area (Å²) in [5.74, 6) is -1.32. The van der Waals surface area contributed by atoms with Gasteiger partial charge in [-0.2, -0.15) is 0 Å². The summed E-state index contributed by atoms with van der Waals surface area (Å²) in [6.45, 7) is 0. The molecule has 124 valence electrons. The number of halogens is 3. The van der Waals surface area contributed by atoms with Gasteiger partial charge in [-0.15, -0.1) is 0 Å². The lowest BCUT2D eigenvalue weighted by Crippen LogP contribution is -2.15. The molecule has 2 aromatic rings. The molecule has 0 fully saturated rings. The molecule has 2 aromatic carbocycles. The van der Waals surface area contributed by atoms with E-state index in [1.165, 1.54) is 32.4 Å². The third-order valence-corrected chi connectivity index (χ3v) is 4.88. The normalized spacial score (nSPS) is 11.2. The molecule has 0 aliphatic heterocycles. The topological polar surface area (TPSA) is 64.6 Å². The second kappa shape index (κ2) is 6.71. The maximum absolute atomic E-state index is 13.8. The minimum atomic E-state index is -4.11. The average Bonchev–Trinajstić information content (AvgIpc) is 2.50. The van der Waals surface area contributed by atoms with Gasteiger partial charge in [-0.3, -0.25) is 4.72 Å². The molecule has 5 nitrogen and oxygen atoms in total. The Morgan fingerprint density at radius 1 is 1.04 bits per heavy atom. The molecule has 0 atom stereocenters. The lowest BCUT2D eigenvalue weighted by molar-refractivity contribution is 0.354. The number of hydrogen-bond acceptors (Lipinski definition) is 4. The second-order valence-electron chi connectivity index (χ2n) is 4.37. The Labute approximate surface area is 140 Å². The maximum atomic E-state index is 13.8. The average molecular weight is 408 g/mol. The van der Waals surface area contributed by atoms with Crippen molar-refractivity contribution in [2.24, 2.45) is 0 Å². The zero-order chi connectivity index (χ0) is 17.2. The van der Waals surface area contributed by atoms with Crippen LogP contribution in [-0.4, -0.2) is 22.6 Å². The van der Waals surface area contributed by atoms with Gasteiger partial charge in [-0.1, -0.05) is 0 Å². The van der Waals surface area contributed by atoms with Gasteiger partial charge in [-0.25, -0.2) is 17.2 Å². The van der Waals surface area contributed by atoms with Gasteiger partial charge in [0.1, 0.15) is 5.82 Å². The molecular formula is C14H12BrF2NO4S. The van der Waals surface area contributed by atoms with E-state index in [2.05, 4.69) is 20.7 Å². The first-order valence-electron chi connectivity index (χ1n) is 6.18. The highest BCUT2D eigenvalue weighted by Crippen LogP contribution is 2.32. The van der Waals surface area contributed by atoms with Crippen LogP contribution in [0.2, 0.25) is 0 Å². The van der Waals surface area contributed by atoms with E-state index in [-0.39, 0.29) is 20.8 Å². The summed E-state index contributed by atoms with van der Waals surface area (Å²) in [7, 11) is -1.34. The van der Waals surface area contributed by atoms with Crippen molar-refractivity contribution >= 4 is 31.6 Å². The van der Waals surface area contributed by atoms with Gasteiger partial charge < -0.3 is 9.47 Å². The molecule has 0 saturated carbocycles. The molecule has 0 aliphatic rings. The van der Waals surface area contributed by atoms with Gasteiger partial charge in [0.15, 0.2) is 17.3 Å². The molecule has 0 aliphatic carbocycles. The zero-order valence-corrected chi connectivity index (χ0v) is 14.5. The molecule has 0 aromatic heterocycles. The fourth-order valence-electron chi connectivity index (χ4n) is 1.82. The van der Waals surface area contributed by atoms with Crippen LogP contribution in [0.4, 0.5) is 14.5 Å². The van der Waals surface area contributed by atoms with E-state index >= 15 is 0 Å². The molecule has 23 heavy (non-hydrogen) atoms. The van der Waals surface area contributed by atoms with Gasteiger partial charge in [-0.05, 0) is 34.1 Å². The van der Waals surface area contributed by atoms with E-state index in [0.717, 1.165) is 6.07 Å². The molecule has 9 heteroatoms. The van der Waals surface area contributed by atoms with Gasteiger partial charge in [0, 0.05) is 16.6 Å². The first kappa shape index (κ1) is 17.5. The van der Waals surface area contributed by atoms with E-state index in [0.29, 0.717) is 11.8 Å². The zero-order valence-electron chi connectivity index (χ0n) is 12.1. The number of methoxy groups -OCH3 is 2. The van der Waals surface area contributed by atoms with Crippen LogP contribution in [0.3, 0.4) is 0 Å². The summed E-state index contributed by atoms with van der Waals surface area (Å²) in [5, 5.41) is 0. The van der Waals surface area contributed by atoms with Crippen molar-refractivity contribution in [3.63, 3.8) is 0 Å². The van der Waals surface area contributed by atoms with Gasteiger partial charge in [0.05, 0.1) is 24.8 Å². The molecule has 0 spiro atoms. The highest BCUT2D eigenvalue weighted by Gasteiger charge is 2.21. The van der Waals surface area contributed by atoms with Crippen LogP contribution in [0.5, 0.6) is 11.5 Å². The SMILES string of the molecule is COc1ccc(S(=O)(=O)Nc2c(F)cc(F)cc2Br)cc1OC.